The first-order valence-corrected chi connectivity index (χ1v) is 11.6. The first-order valence-electron chi connectivity index (χ1n) is 11.6. The summed E-state index contributed by atoms with van der Waals surface area (Å²) in [6, 6.07) is 15.9. The van der Waals surface area contributed by atoms with Crippen molar-refractivity contribution in [2.75, 3.05) is 73.6 Å². The summed E-state index contributed by atoms with van der Waals surface area (Å²) in [5, 5.41) is 0. The van der Waals surface area contributed by atoms with Gasteiger partial charge in [-0.15, -0.1) is 0 Å². The van der Waals surface area contributed by atoms with Crippen LogP contribution in [0.15, 0.2) is 67.1 Å². The van der Waals surface area contributed by atoms with Crippen molar-refractivity contribution in [2.24, 2.45) is 0 Å². The largest absolute Gasteiger partial charge is 0.399 e. The van der Waals surface area contributed by atoms with Gasteiger partial charge in [0, 0.05) is 55.6 Å². The lowest BCUT2D eigenvalue weighted by Crippen LogP contribution is -2.36. The van der Waals surface area contributed by atoms with Crippen molar-refractivity contribution < 1.29 is 14.3 Å². The first kappa shape index (κ1) is 24.2. The molecule has 2 aliphatic heterocycles. The Morgan fingerprint density at radius 2 is 1.34 bits per heavy atom. The van der Waals surface area contributed by atoms with Crippen LogP contribution in [0.2, 0.25) is 0 Å². The Balaban J connectivity index is 0.000000189. The Morgan fingerprint density at radius 3 is 1.86 bits per heavy atom. The van der Waals surface area contributed by atoms with Crippen LogP contribution in [-0.2, 0) is 9.47 Å². The average Bonchev–Trinajstić information content (AvgIpc) is 2.94. The van der Waals surface area contributed by atoms with Gasteiger partial charge >= 0.3 is 0 Å². The van der Waals surface area contributed by atoms with Gasteiger partial charge in [0.05, 0.1) is 38.3 Å². The van der Waals surface area contributed by atoms with E-state index in [2.05, 4.69) is 42.8 Å². The molecule has 2 aliphatic rings. The SMILES string of the molecule is Nc1ccc(N2CCOCC2)cc1.O=C(NNc1ccc(N2CCOCC2)cc1)c1cnccn1. The fraction of sp³-hybridized carbons (Fsp3) is 0.320. The second-order valence-electron chi connectivity index (χ2n) is 8.01. The van der Waals surface area contributed by atoms with Crippen molar-refractivity contribution in [1.82, 2.24) is 15.4 Å². The van der Waals surface area contributed by atoms with Gasteiger partial charge in [0.25, 0.3) is 5.91 Å². The van der Waals surface area contributed by atoms with E-state index in [-0.39, 0.29) is 11.6 Å². The Hall–Kier alpha value is -3.89. The van der Waals surface area contributed by atoms with Crippen molar-refractivity contribution in [3.05, 3.63) is 72.8 Å². The van der Waals surface area contributed by atoms with Crippen molar-refractivity contribution in [3.8, 4) is 0 Å². The fourth-order valence-electron chi connectivity index (χ4n) is 3.69. The molecule has 0 saturated carbocycles. The van der Waals surface area contributed by atoms with Gasteiger partial charge in [-0.25, -0.2) is 4.98 Å². The monoisotopic (exact) mass is 477 g/mol. The summed E-state index contributed by atoms with van der Waals surface area (Å²) >= 11 is 0. The van der Waals surface area contributed by atoms with Gasteiger partial charge < -0.3 is 25.0 Å². The quantitative estimate of drug-likeness (QED) is 0.375. The maximum atomic E-state index is 11.8. The number of nitrogen functional groups attached to an aromatic ring is 1. The van der Waals surface area contributed by atoms with Crippen LogP contribution in [0, 0.1) is 0 Å². The Morgan fingerprint density at radius 1 is 0.800 bits per heavy atom. The molecule has 4 N–H and O–H groups in total. The van der Waals surface area contributed by atoms with E-state index in [0.29, 0.717) is 0 Å². The summed E-state index contributed by atoms with van der Waals surface area (Å²) in [5.41, 5.74) is 15.3. The van der Waals surface area contributed by atoms with Crippen LogP contribution in [0.4, 0.5) is 22.7 Å². The van der Waals surface area contributed by atoms with Gasteiger partial charge in [-0.05, 0) is 48.5 Å². The third-order valence-corrected chi connectivity index (χ3v) is 5.63. The summed E-state index contributed by atoms with van der Waals surface area (Å²) < 4.78 is 10.6. The van der Waals surface area contributed by atoms with Gasteiger partial charge in [-0.1, -0.05) is 0 Å². The predicted molar refractivity (Wildman–Crippen MR) is 136 cm³/mol. The zero-order valence-electron chi connectivity index (χ0n) is 19.6. The molecule has 0 spiro atoms. The van der Waals surface area contributed by atoms with Gasteiger partial charge in [0.15, 0.2) is 0 Å². The van der Waals surface area contributed by atoms with Crippen molar-refractivity contribution >= 4 is 28.7 Å². The van der Waals surface area contributed by atoms with Crippen LogP contribution >= 0.6 is 0 Å². The summed E-state index contributed by atoms with van der Waals surface area (Å²) in [5.74, 6) is -0.328. The summed E-state index contributed by atoms with van der Waals surface area (Å²) in [4.78, 5) is 24.2. The van der Waals surface area contributed by atoms with Crippen LogP contribution in [0.1, 0.15) is 10.5 Å². The normalized spacial score (nSPS) is 15.5. The van der Waals surface area contributed by atoms with E-state index in [1.165, 1.54) is 24.3 Å². The number of morpholine rings is 2. The van der Waals surface area contributed by atoms with E-state index in [4.69, 9.17) is 15.2 Å². The van der Waals surface area contributed by atoms with Crippen molar-refractivity contribution in [3.63, 3.8) is 0 Å². The van der Waals surface area contributed by atoms with Crippen LogP contribution in [0.25, 0.3) is 0 Å². The van der Waals surface area contributed by atoms with Gasteiger partial charge in [0.2, 0.25) is 0 Å². The van der Waals surface area contributed by atoms with Crippen LogP contribution in [0.5, 0.6) is 0 Å². The predicted octanol–water partition coefficient (Wildman–Crippen LogP) is 2.18. The molecule has 5 rings (SSSR count). The number of aromatic nitrogens is 2. The van der Waals surface area contributed by atoms with E-state index >= 15 is 0 Å². The smallest absolute Gasteiger partial charge is 0.289 e. The van der Waals surface area contributed by atoms with Crippen LogP contribution in [0.3, 0.4) is 0 Å². The molecule has 2 aromatic carbocycles. The molecule has 0 unspecified atom stereocenters. The second-order valence-corrected chi connectivity index (χ2v) is 8.01. The molecule has 3 aromatic rings. The Labute approximate surface area is 205 Å². The highest BCUT2D eigenvalue weighted by Crippen LogP contribution is 2.19. The zero-order valence-corrected chi connectivity index (χ0v) is 19.6. The highest BCUT2D eigenvalue weighted by atomic mass is 16.5. The highest BCUT2D eigenvalue weighted by molar-refractivity contribution is 5.92. The molecule has 2 fully saturated rings. The number of amides is 1. The number of rotatable bonds is 5. The maximum absolute atomic E-state index is 11.8. The van der Waals surface area contributed by atoms with Crippen molar-refractivity contribution in [2.45, 2.75) is 0 Å². The third kappa shape index (κ3) is 7.29. The summed E-state index contributed by atoms with van der Waals surface area (Å²) in [6.45, 7) is 6.91. The minimum absolute atomic E-state index is 0.264. The number of hydrogen-bond donors (Lipinski definition) is 3. The number of carbonyl (C=O) groups excluding carboxylic acids is 1. The van der Waals surface area contributed by atoms with Gasteiger partial charge in [-0.2, -0.15) is 0 Å². The Bertz CT molecular complexity index is 1040. The number of nitrogens with two attached hydrogens (primary N) is 1. The minimum atomic E-state index is -0.328. The maximum Gasteiger partial charge on any atom is 0.289 e. The van der Waals surface area contributed by atoms with E-state index in [0.717, 1.165) is 69.7 Å². The zero-order chi connectivity index (χ0) is 24.3. The number of hydrogen-bond acceptors (Lipinski definition) is 9. The van der Waals surface area contributed by atoms with Crippen molar-refractivity contribution in [1.29, 1.82) is 0 Å². The number of carbonyl (C=O) groups is 1. The van der Waals surface area contributed by atoms with Crippen LogP contribution < -0.4 is 26.4 Å². The number of nitrogens with zero attached hydrogens (tertiary/aromatic N) is 4. The molecule has 3 heterocycles. The molecule has 10 nitrogen and oxygen atoms in total. The molecule has 0 radical (unpaired) electrons. The van der Waals surface area contributed by atoms with Gasteiger partial charge in [0.1, 0.15) is 5.69 Å². The molecule has 1 aromatic heterocycles. The Kier molecular flexibility index (Phi) is 8.68. The fourth-order valence-corrected chi connectivity index (χ4v) is 3.69. The molecule has 2 saturated heterocycles. The summed E-state index contributed by atoms with van der Waals surface area (Å²) in [7, 11) is 0. The number of nitrogens with one attached hydrogen (secondary N) is 2. The molecule has 0 aliphatic carbocycles. The highest BCUT2D eigenvalue weighted by Gasteiger charge is 2.12. The van der Waals surface area contributed by atoms with Gasteiger partial charge in [-0.3, -0.25) is 20.6 Å². The molecule has 10 heteroatoms. The van der Waals surface area contributed by atoms with E-state index < -0.39 is 0 Å². The first-order chi connectivity index (χ1) is 17.2. The lowest BCUT2D eigenvalue weighted by atomic mass is 10.2. The third-order valence-electron chi connectivity index (χ3n) is 5.63. The minimum Gasteiger partial charge on any atom is -0.399 e. The topological polar surface area (TPSA) is 118 Å². The lowest BCUT2D eigenvalue weighted by molar-refractivity contribution is 0.0957. The number of ether oxygens (including phenoxy) is 2. The summed E-state index contributed by atoms with van der Waals surface area (Å²) in [6.07, 6.45) is 4.42. The van der Waals surface area contributed by atoms with E-state index in [1.807, 2.05) is 36.4 Å². The van der Waals surface area contributed by atoms with Crippen LogP contribution in [-0.4, -0.2) is 68.5 Å². The number of anilines is 4. The average molecular weight is 478 g/mol. The molecular weight excluding hydrogens is 446 g/mol. The molecule has 35 heavy (non-hydrogen) atoms. The molecule has 0 atom stereocenters. The molecular formula is C25H31N7O3. The van der Waals surface area contributed by atoms with E-state index in [9.17, 15) is 4.79 Å². The standard InChI is InChI=1S/C15H17N5O2.C10H14N2O/c21-15(14-11-16-5-6-17-14)19-18-12-1-3-13(4-2-12)20-7-9-22-10-8-20;11-9-1-3-10(4-2-9)12-5-7-13-8-6-12/h1-6,11,18H,7-10H2,(H,19,21);1-4H,5-8,11H2. The lowest BCUT2D eigenvalue weighted by Gasteiger charge is -2.28. The number of hydrazine groups is 1. The second kappa shape index (κ2) is 12.5. The molecule has 1 amide bonds. The number of benzene rings is 2. The molecule has 0 bridgehead atoms. The molecule has 184 valence electrons. The van der Waals surface area contributed by atoms with E-state index in [1.54, 1.807) is 0 Å².